The number of amides is 1. The predicted molar refractivity (Wildman–Crippen MR) is 88.0 cm³/mol. The molecule has 0 atom stereocenters. The molecule has 3 aromatic rings. The first-order valence-electron chi connectivity index (χ1n) is 7.27. The van der Waals surface area contributed by atoms with Gasteiger partial charge in [-0.3, -0.25) is 9.59 Å². The number of rotatable bonds is 5. The third kappa shape index (κ3) is 3.23. The highest BCUT2D eigenvalue weighted by atomic mass is 16.4. The number of nitrogens with one attached hydrogen (secondary N) is 1. The average molecular weight is 308 g/mol. The van der Waals surface area contributed by atoms with Crippen molar-refractivity contribution in [2.24, 2.45) is 0 Å². The molecule has 0 saturated carbocycles. The van der Waals surface area contributed by atoms with Crippen LogP contribution in [-0.4, -0.2) is 28.1 Å². The molecule has 5 heteroatoms. The standard InChI is InChI=1S/C18H16N2O3/c21-17(19-11-18(22)23)12-20-15-9-5-4-8-14(15)10-16(20)13-6-2-1-3-7-13/h1-10H,11-12H2,(H,19,21)(H,22,23). The second kappa shape index (κ2) is 6.36. The first kappa shape index (κ1) is 14.8. The number of para-hydroxylation sites is 1. The predicted octanol–water partition coefficient (Wildman–Crippen LogP) is 2.51. The van der Waals surface area contributed by atoms with E-state index < -0.39 is 5.97 Å². The molecule has 0 aliphatic carbocycles. The van der Waals surface area contributed by atoms with Crippen molar-refractivity contribution in [1.82, 2.24) is 9.88 Å². The molecule has 1 heterocycles. The SMILES string of the molecule is O=C(O)CNC(=O)Cn1c(-c2ccccc2)cc2ccccc21. The Balaban J connectivity index is 2.00. The van der Waals surface area contributed by atoms with Crippen molar-refractivity contribution >= 4 is 22.8 Å². The van der Waals surface area contributed by atoms with E-state index in [4.69, 9.17) is 5.11 Å². The van der Waals surface area contributed by atoms with E-state index in [0.717, 1.165) is 22.2 Å². The van der Waals surface area contributed by atoms with E-state index in [1.807, 2.05) is 65.2 Å². The molecule has 0 radical (unpaired) electrons. The van der Waals surface area contributed by atoms with Gasteiger partial charge in [0, 0.05) is 16.6 Å². The Morgan fingerprint density at radius 1 is 1.00 bits per heavy atom. The Labute approximate surface area is 133 Å². The van der Waals surface area contributed by atoms with Gasteiger partial charge in [0.2, 0.25) is 5.91 Å². The number of benzene rings is 2. The highest BCUT2D eigenvalue weighted by Gasteiger charge is 2.13. The summed E-state index contributed by atoms with van der Waals surface area (Å²) in [6.45, 7) is -0.302. The summed E-state index contributed by atoms with van der Waals surface area (Å²) in [5.74, 6) is -1.38. The molecular weight excluding hydrogens is 292 g/mol. The van der Waals surface area contributed by atoms with Crippen LogP contribution >= 0.6 is 0 Å². The van der Waals surface area contributed by atoms with Crippen LogP contribution < -0.4 is 5.32 Å². The molecular formula is C18H16N2O3. The number of carboxylic acids is 1. The molecule has 0 fully saturated rings. The monoisotopic (exact) mass is 308 g/mol. The van der Waals surface area contributed by atoms with Crippen molar-refractivity contribution in [2.45, 2.75) is 6.54 Å². The van der Waals surface area contributed by atoms with Gasteiger partial charge in [0.05, 0.1) is 0 Å². The molecule has 0 aliphatic heterocycles. The van der Waals surface area contributed by atoms with Crippen LogP contribution in [-0.2, 0) is 16.1 Å². The third-order valence-electron chi connectivity index (χ3n) is 3.62. The molecule has 0 unspecified atom stereocenters. The summed E-state index contributed by atoms with van der Waals surface area (Å²) in [7, 11) is 0. The summed E-state index contributed by atoms with van der Waals surface area (Å²) in [4.78, 5) is 22.6. The first-order chi connectivity index (χ1) is 11.1. The third-order valence-corrected chi connectivity index (χ3v) is 3.62. The van der Waals surface area contributed by atoms with Crippen LogP contribution in [0.1, 0.15) is 0 Å². The van der Waals surface area contributed by atoms with Gasteiger partial charge in [-0.2, -0.15) is 0 Å². The van der Waals surface area contributed by atoms with Crippen LogP contribution in [0.2, 0.25) is 0 Å². The minimum absolute atomic E-state index is 0.0744. The van der Waals surface area contributed by atoms with Crippen molar-refractivity contribution in [1.29, 1.82) is 0 Å². The van der Waals surface area contributed by atoms with Gasteiger partial charge in [0.15, 0.2) is 0 Å². The molecule has 0 spiro atoms. The lowest BCUT2D eigenvalue weighted by atomic mass is 10.1. The molecule has 0 bridgehead atoms. The zero-order chi connectivity index (χ0) is 16.2. The summed E-state index contributed by atoms with van der Waals surface area (Å²) in [5.41, 5.74) is 2.88. The second-order valence-electron chi connectivity index (χ2n) is 5.21. The van der Waals surface area contributed by atoms with Crippen molar-refractivity contribution in [3.63, 3.8) is 0 Å². The minimum Gasteiger partial charge on any atom is -0.480 e. The van der Waals surface area contributed by atoms with Gasteiger partial charge in [-0.15, -0.1) is 0 Å². The number of nitrogens with zero attached hydrogens (tertiary/aromatic N) is 1. The van der Waals surface area contributed by atoms with E-state index in [1.54, 1.807) is 0 Å². The lowest BCUT2D eigenvalue weighted by molar-refractivity contribution is -0.138. The maximum Gasteiger partial charge on any atom is 0.322 e. The lowest BCUT2D eigenvalue weighted by Crippen LogP contribution is -2.32. The molecule has 1 aromatic heterocycles. The highest BCUT2D eigenvalue weighted by Crippen LogP contribution is 2.28. The number of carbonyl (C=O) groups is 2. The number of hydrogen-bond donors (Lipinski definition) is 2. The Hall–Kier alpha value is -3.08. The quantitative estimate of drug-likeness (QED) is 0.761. The molecule has 0 saturated heterocycles. The Morgan fingerprint density at radius 2 is 1.70 bits per heavy atom. The second-order valence-corrected chi connectivity index (χ2v) is 5.21. The number of carbonyl (C=O) groups excluding carboxylic acids is 1. The van der Waals surface area contributed by atoms with Crippen LogP contribution in [0.25, 0.3) is 22.2 Å². The first-order valence-corrected chi connectivity index (χ1v) is 7.27. The maximum absolute atomic E-state index is 12.0. The van der Waals surface area contributed by atoms with Crippen LogP contribution in [0, 0.1) is 0 Å². The van der Waals surface area contributed by atoms with Crippen molar-refractivity contribution in [3.8, 4) is 11.3 Å². The number of fused-ring (bicyclic) bond motifs is 1. The summed E-state index contributed by atoms with van der Waals surface area (Å²) in [5, 5.41) is 12.1. The zero-order valence-electron chi connectivity index (χ0n) is 12.4. The molecule has 0 aliphatic rings. The molecule has 2 N–H and O–H groups in total. The molecule has 2 aromatic carbocycles. The van der Waals surface area contributed by atoms with Gasteiger partial charge in [-0.1, -0.05) is 48.5 Å². The fraction of sp³-hybridized carbons (Fsp3) is 0.111. The van der Waals surface area contributed by atoms with Gasteiger partial charge in [-0.25, -0.2) is 0 Å². The van der Waals surface area contributed by atoms with E-state index in [2.05, 4.69) is 5.32 Å². The fourth-order valence-electron chi connectivity index (χ4n) is 2.60. The smallest absolute Gasteiger partial charge is 0.322 e. The molecule has 3 rings (SSSR count). The van der Waals surface area contributed by atoms with Gasteiger partial charge in [-0.05, 0) is 17.7 Å². The Bertz CT molecular complexity index is 853. The Kier molecular flexibility index (Phi) is 4.10. The molecule has 5 nitrogen and oxygen atoms in total. The van der Waals surface area contributed by atoms with Gasteiger partial charge in [0.25, 0.3) is 0 Å². The molecule has 23 heavy (non-hydrogen) atoms. The number of aliphatic carboxylic acids is 1. The summed E-state index contributed by atoms with van der Waals surface area (Å²) in [6.07, 6.45) is 0. The van der Waals surface area contributed by atoms with Crippen LogP contribution in [0.4, 0.5) is 0 Å². The lowest BCUT2D eigenvalue weighted by Gasteiger charge is -2.11. The summed E-state index contributed by atoms with van der Waals surface area (Å²) in [6, 6.07) is 19.7. The van der Waals surface area contributed by atoms with Crippen molar-refractivity contribution in [2.75, 3.05) is 6.54 Å². The van der Waals surface area contributed by atoms with E-state index in [9.17, 15) is 9.59 Å². The topological polar surface area (TPSA) is 71.3 Å². The van der Waals surface area contributed by atoms with Crippen molar-refractivity contribution < 1.29 is 14.7 Å². The van der Waals surface area contributed by atoms with Crippen LogP contribution in [0.3, 0.4) is 0 Å². The van der Waals surface area contributed by atoms with E-state index in [1.165, 1.54) is 0 Å². The molecule has 116 valence electrons. The number of carboxylic acid groups (broad SMARTS) is 1. The van der Waals surface area contributed by atoms with E-state index in [-0.39, 0.29) is 19.0 Å². The van der Waals surface area contributed by atoms with Gasteiger partial charge >= 0.3 is 5.97 Å². The van der Waals surface area contributed by atoms with Gasteiger partial charge in [0.1, 0.15) is 13.1 Å². The number of hydrogen-bond acceptors (Lipinski definition) is 2. The van der Waals surface area contributed by atoms with Crippen molar-refractivity contribution in [3.05, 3.63) is 60.7 Å². The van der Waals surface area contributed by atoms with E-state index >= 15 is 0 Å². The van der Waals surface area contributed by atoms with Gasteiger partial charge < -0.3 is 15.0 Å². The largest absolute Gasteiger partial charge is 0.480 e. The fourth-order valence-corrected chi connectivity index (χ4v) is 2.60. The van der Waals surface area contributed by atoms with Crippen LogP contribution in [0.15, 0.2) is 60.7 Å². The molecule has 1 amide bonds. The highest BCUT2D eigenvalue weighted by molar-refractivity contribution is 5.89. The Morgan fingerprint density at radius 3 is 2.43 bits per heavy atom. The minimum atomic E-state index is -1.06. The van der Waals surface area contributed by atoms with E-state index in [0.29, 0.717) is 0 Å². The van der Waals surface area contributed by atoms with Crippen LogP contribution in [0.5, 0.6) is 0 Å². The number of aromatic nitrogens is 1. The summed E-state index contributed by atoms with van der Waals surface area (Å²) < 4.78 is 1.90. The average Bonchev–Trinajstić information content (AvgIpc) is 2.92. The maximum atomic E-state index is 12.0. The zero-order valence-corrected chi connectivity index (χ0v) is 12.4. The summed E-state index contributed by atoms with van der Waals surface area (Å²) >= 11 is 0. The normalized spacial score (nSPS) is 10.6.